The first-order valence-electron chi connectivity index (χ1n) is 8.05. The van der Waals surface area contributed by atoms with Gasteiger partial charge in [-0.1, -0.05) is 6.92 Å². The molecule has 1 rings (SSSR count). The van der Waals surface area contributed by atoms with Crippen LogP contribution in [0.15, 0.2) is 0 Å². The van der Waals surface area contributed by atoms with E-state index in [1.165, 1.54) is 0 Å². The van der Waals surface area contributed by atoms with Gasteiger partial charge in [-0.25, -0.2) is 0 Å². The second-order valence-corrected chi connectivity index (χ2v) is 6.65. The highest BCUT2D eigenvalue weighted by Crippen LogP contribution is 2.15. The second kappa shape index (κ2) is 8.37. The van der Waals surface area contributed by atoms with Gasteiger partial charge >= 0.3 is 5.97 Å². The molecule has 5 nitrogen and oxygen atoms in total. The van der Waals surface area contributed by atoms with Crippen LogP contribution in [-0.4, -0.2) is 48.1 Å². The molecule has 0 atom stereocenters. The molecule has 1 N–H and O–H groups in total. The number of hydrogen-bond acceptors (Lipinski definition) is 4. The van der Waals surface area contributed by atoms with Crippen molar-refractivity contribution in [1.82, 2.24) is 10.2 Å². The van der Waals surface area contributed by atoms with E-state index in [1.807, 2.05) is 25.7 Å². The van der Waals surface area contributed by atoms with Crippen molar-refractivity contribution in [3.05, 3.63) is 0 Å². The maximum atomic E-state index is 12.4. The highest BCUT2D eigenvalue weighted by Gasteiger charge is 2.25. The molecule has 1 heterocycles. The Morgan fingerprint density at radius 3 is 2.33 bits per heavy atom. The summed E-state index contributed by atoms with van der Waals surface area (Å²) in [7, 11) is 0. The summed E-state index contributed by atoms with van der Waals surface area (Å²) in [5, 5.41) is 3.31. The van der Waals surface area contributed by atoms with E-state index in [9.17, 15) is 9.59 Å². The summed E-state index contributed by atoms with van der Waals surface area (Å²) in [5.41, 5.74) is -0.488. The topological polar surface area (TPSA) is 58.6 Å². The minimum absolute atomic E-state index is 0.0783. The molecule has 1 fully saturated rings. The lowest BCUT2D eigenvalue weighted by molar-refractivity contribution is -0.156. The molecule has 21 heavy (non-hydrogen) atoms. The molecular formula is C16H30N2O3. The predicted octanol–water partition coefficient (Wildman–Crippen LogP) is 2.10. The van der Waals surface area contributed by atoms with Crippen LogP contribution in [0.4, 0.5) is 0 Å². The number of nitrogens with zero attached hydrogens (tertiary/aromatic N) is 1. The Morgan fingerprint density at radius 1 is 1.19 bits per heavy atom. The van der Waals surface area contributed by atoms with Gasteiger partial charge in [-0.15, -0.1) is 0 Å². The Kier molecular flexibility index (Phi) is 7.15. The molecule has 0 aromatic carbocycles. The van der Waals surface area contributed by atoms with Gasteiger partial charge in [-0.2, -0.15) is 0 Å². The van der Waals surface area contributed by atoms with E-state index in [-0.39, 0.29) is 24.7 Å². The molecule has 0 aliphatic carbocycles. The van der Waals surface area contributed by atoms with Crippen molar-refractivity contribution in [2.24, 2.45) is 0 Å². The largest absolute Gasteiger partial charge is 0.460 e. The molecule has 0 unspecified atom stereocenters. The van der Waals surface area contributed by atoms with Crippen molar-refractivity contribution in [1.29, 1.82) is 0 Å². The first kappa shape index (κ1) is 18.0. The number of esters is 1. The molecule has 0 radical (unpaired) electrons. The zero-order chi connectivity index (χ0) is 15.9. The Balaban J connectivity index is 2.47. The van der Waals surface area contributed by atoms with Gasteiger partial charge in [0.1, 0.15) is 5.60 Å². The fourth-order valence-corrected chi connectivity index (χ4v) is 2.62. The third-order valence-electron chi connectivity index (χ3n) is 3.50. The molecule has 0 spiro atoms. The van der Waals surface area contributed by atoms with Crippen LogP contribution >= 0.6 is 0 Å². The number of piperidine rings is 1. The summed E-state index contributed by atoms with van der Waals surface area (Å²) in [5.74, 6) is -0.216. The van der Waals surface area contributed by atoms with Crippen LogP contribution in [0.5, 0.6) is 0 Å². The molecule has 1 aliphatic rings. The Bertz CT molecular complexity index is 344. The van der Waals surface area contributed by atoms with Crippen LogP contribution in [0.1, 0.15) is 59.8 Å². The summed E-state index contributed by atoms with van der Waals surface area (Å²) in [6.07, 6.45) is 3.36. The molecule has 1 amide bonds. The number of ether oxygens (including phenoxy) is 1. The molecule has 1 saturated heterocycles. The van der Waals surface area contributed by atoms with Crippen LogP contribution in [0.25, 0.3) is 0 Å². The van der Waals surface area contributed by atoms with E-state index < -0.39 is 5.60 Å². The minimum Gasteiger partial charge on any atom is -0.460 e. The third-order valence-corrected chi connectivity index (χ3v) is 3.50. The quantitative estimate of drug-likeness (QED) is 0.763. The Morgan fingerprint density at radius 2 is 1.81 bits per heavy atom. The fraction of sp³-hybridized carbons (Fsp3) is 0.875. The van der Waals surface area contributed by atoms with Crippen LogP contribution in [0.3, 0.4) is 0 Å². The highest BCUT2D eigenvalue weighted by atomic mass is 16.6. The van der Waals surface area contributed by atoms with Crippen molar-refractivity contribution in [2.45, 2.75) is 71.4 Å². The standard InChI is InChI=1S/C16H30N2O3/c1-5-12-18(13-8-10-17-11-9-13)14(19)6-7-15(20)21-16(2,3)4/h13,17H,5-12H2,1-4H3. The smallest absolute Gasteiger partial charge is 0.306 e. The molecule has 0 bridgehead atoms. The summed E-state index contributed by atoms with van der Waals surface area (Å²) < 4.78 is 5.25. The molecule has 122 valence electrons. The maximum absolute atomic E-state index is 12.4. The molecular weight excluding hydrogens is 268 g/mol. The van der Waals surface area contributed by atoms with Crippen molar-refractivity contribution >= 4 is 11.9 Å². The van der Waals surface area contributed by atoms with Crippen molar-refractivity contribution in [3.8, 4) is 0 Å². The van der Waals surface area contributed by atoms with Gasteiger partial charge in [0.05, 0.1) is 6.42 Å². The Labute approximate surface area is 128 Å². The van der Waals surface area contributed by atoms with Crippen molar-refractivity contribution in [2.75, 3.05) is 19.6 Å². The minimum atomic E-state index is -0.488. The van der Waals surface area contributed by atoms with Gasteiger partial charge in [0.25, 0.3) is 0 Å². The van der Waals surface area contributed by atoms with E-state index >= 15 is 0 Å². The Hall–Kier alpha value is -1.10. The van der Waals surface area contributed by atoms with E-state index in [4.69, 9.17) is 4.74 Å². The molecule has 0 saturated carbocycles. The lowest BCUT2D eigenvalue weighted by Gasteiger charge is -2.34. The zero-order valence-corrected chi connectivity index (χ0v) is 13.9. The van der Waals surface area contributed by atoms with E-state index in [0.29, 0.717) is 6.04 Å². The summed E-state index contributed by atoms with van der Waals surface area (Å²) >= 11 is 0. The van der Waals surface area contributed by atoms with Crippen molar-refractivity contribution in [3.63, 3.8) is 0 Å². The monoisotopic (exact) mass is 298 g/mol. The number of nitrogens with one attached hydrogen (secondary N) is 1. The lowest BCUT2D eigenvalue weighted by atomic mass is 10.0. The van der Waals surface area contributed by atoms with Gasteiger partial charge in [-0.3, -0.25) is 9.59 Å². The SMILES string of the molecule is CCCN(C(=O)CCC(=O)OC(C)(C)C)C1CCNCC1. The predicted molar refractivity (Wildman–Crippen MR) is 83.0 cm³/mol. The van der Waals surface area contributed by atoms with Gasteiger partial charge in [0, 0.05) is 19.0 Å². The van der Waals surface area contributed by atoms with Gasteiger partial charge in [-0.05, 0) is 53.1 Å². The fourth-order valence-electron chi connectivity index (χ4n) is 2.62. The van der Waals surface area contributed by atoms with Crippen LogP contribution in [-0.2, 0) is 14.3 Å². The summed E-state index contributed by atoms with van der Waals surface area (Å²) in [6.45, 7) is 10.3. The zero-order valence-electron chi connectivity index (χ0n) is 13.9. The van der Waals surface area contributed by atoms with E-state index in [2.05, 4.69) is 12.2 Å². The normalized spacial score (nSPS) is 16.6. The number of amides is 1. The van der Waals surface area contributed by atoms with E-state index in [0.717, 1.165) is 38.9 Å². The first-order valence-corrected chi connectivity index (χ1v) is 8.05. The van der Waals surface area contributed by atoms with Gasteiger partial charge in [0.15, 0.2) is 0 Å². The molecule has 1 aliphatic heterocycles. The van der Waals surface area contributed by atoms with Crippen LogP contribution < -0.4 is 5.32 Å². The highest BCUT2D eigenvalue weighted by molar-refractivity contribution is 5.81. The van der Waals surface area contributed by atoms with Gasteiger partial charge in [0.2, 0.25) is 5.91 Å². The van der Waals surface area contributed by atoms with Crippen LogP contribution in [0.2, 0.25) is 0 Å². The average Bonchev–Trinajstić information content (AvgIpc) is 2.41. The third kappa shape index (κ3) is 6.93. The average molecular weight is 298 g/mol. The lowest BCUT2D eigenvalue weighted by Crippen LogP contribution is -2.46. The number of carbonyl (C=O) groups is 2. The summed E-state index contributed by atoms with van der Waals surface area (Å²) in [6, 6.07) is 0.317. The number of carbonyl (C=O) groups excluding carboxylic acids is 2. The number of hydrogen-bond donors (Lipinski definition) is 1. The molecule has 0 aromatic rings. The maximum Gasteiger partial charge on any atom is 0.306 e. The second-order valence-electron chi connectivity index (χ2n) is 6.65. The van der Waals surface area contributed by atoms with Crippen molar-refractivity contribution < 1.29 is 14.3 Å². The summed E-state index contributed by atoms with van der Waals surface area (Å²) in [4.78, 5) is 26.1. The first-order chi connectivity index (χ1) is 9.83. The van der Waals surface area contributed by atoms with Gasteiger partial charge < -0.3 is 15.0 Å². The van der Waals surface area contributed by atoms with Crippen LogP contribution in [0, 0.1) is 0 Å². The molecule has 5 heteroatoms. The number of rotatable bonds is 6. The molecule has 0 aromatic heterocycles. The van der Waals surface area contributed by atoms with E-state index in [1.54, 1.807) is 0 Å².